The Labute approximate surface area is 111 Å². The van der Waals surface area contributed by atoms with Crippen molar-refractivity contribution in [1.29, 1.82) is 0 Å². The SMILES string of the molecule is CC1(C)[C@@H]2CC[C@@]1(C)[C@@H](O)[C@](O)(C1CCCC1)C2. The molecule has 3 saturated carbocycles. The van der Waals surface area contributed by atoms with Crippen molar-refractivity contribution in [3.05, 3.63) is 0 Å². The Hall–Kier alpha value is -0.0800. The zero-order valence-corrected chi connectivity index (χ0v) is 12.1. The van der Waals surface area contributed by atoms with E-state index in [0.29, 0.717) is 11.8 Å². The van der Waals surface area contributed by atoms with E-state index in [1.165, 1.54) is 19.3 Å². The van der Waals surface area contributed by atoms with Crippen LogP contribution in [0.2, 0.25) is 0 Å². The van der Waals surface area contributed by atoms with E-state index >= 15 is 0 Å². The summed E-state index contributed by atoms with van der Waals surface area (Å²) in [6, 6.07) is 0. The molecule has 0 heterocycles. The third kappa shape index (κ3) is 1.37. The van der Waals surface area contributed by atoms with Crippen LogP contribution >= 0.6 is 0 Å². The molecular formula is C16H28O2. The molecule has 18 heavy (non-hydrogen) atoms. The molecule has 0 aliphatic heterocycles. The van der Waals surface area contributed by atoms with Crippen LogP contribution in [0.1, 0.15) is 65.7 Å². The molecular weight excluding hydrogens is 224 g/mol. The van der Waals surface area contributed by atoms with Crippen LogP contribution in [0.5, 0.6) is 0 Å². The van der Waals surface area contributed by atoms with Gasteiger partial charge in [0.1, 0.15) is 0 Å². The monoisotopic (exact) mass is 252 g/mol. The van der Waals surface area contributed by atoms with Gasteiger partial charge >= 0.3 is 0 Å². The van der Waals surface area contributed by atoms with Crippen LogP contribution in [0.25, 0.3) is 0 Å². The molecule has 3 aliphatic rings. The molecule has 0 spiro atoms. The lowest BCUT2D eigenvalue weighted by Gasteiger charge is -2.57. The number of rotatable bonds is 1. The summed E-state index contributed by atoms with van der Waals surface area (Å²) in [5, 5.41) is 22.1. The van der Waals surface area contributed by atoms with Crippen LogP contribution in [-0.2, 0) is 0 Å². The van der Waals surface area contributed by atoms with Crippen LogP contribution < -0.4 is 0 Å². The van der Waals surface area contributed by atoms with E-state index in [4.69, 9.17) is 0 Å². The number of hydrogen-bond donors (Lipinski definition) is 2. The molecule has 0 aromatic rings. The largest absolute Gasteiger partial charge is 0.390 e. The molecule has 2 N–H and O–H groups in total. The van der Waals surface area contributed by atoms with Gasteiger partial charge in [-0.05, 0) is 49.4 Å². The van der Waals surface area contributed by atoms with Gasteiger partial charge in [-0.2, -0.15) is 0 Å². The van der Waals surface area contributed by atoms with Gasteiger partial charge in [-0.3, -0.25) is 0 Å². The Morgan fingerprint density at radius 3 is 2.17 bits per heavy atom. The fourth-order valence-electron chi connectivity index (χ4n) is 5.34. The van der Waals surface area contributed by atoms with Gasteiger partial charge in [-0.25, -0.2) is 0 Å². The second kappa shape index (κ2) is 3.73. The van der Waals surface area contributed by atoms with Crippen molar-refractivity contribution in [3.8, 4) is 0 Å². The van der Waals surface area contributed by atoms with E-state index in [9.17, 15) is 10.2 Å². The summed E-state index contributed by atoms with van der Waals surface area (Å²) >= 11 is 0. The Morgan fingerprint density at radius 1 is 0.944 bits per heavy atom. The summed E-state index contributed by atoms with van der Waals surface area (Å²) < 4.78 is 0. The topological polar surface area (TPSA) is 40.5 Å². The first-order chi connectivity index (χ1) is 8.32. The highest BCUT2D eigenvalue weighted by atomic mass is 16.3. The van der Waals surface area contributed by atoms with E-state index in [1.807, 2.05) is 0 Å². The number of fused-ring (bicyclic) bond motifs is 2. The zero-order chi connectivity index (χ0) is 13.2. The highest BCUT2D eigenvalue weighted by Crippen LogP contribution is 2.66. The molecule has 4 atom stereocenters. The van der Waals surface area contributed by atoms with Gasteiger partial charge in [0.05, 0.1) is 11.7 Å². The van der Waals surface area contributed by atoms with Gasteiger partial charge in [0, 0.05) is 5.41 Å². The lowest BCUT2D eigenvalue weighted by Crippen LogP contribution is -2.63. The third-order valence-electron chi connectivity index (χ3n) is 7.22. The molecule has 0 radical (unpaired) electrons. The average Bonchev–Trinajstić information content (AvgIpc) is 2.88. The highest BCUT2D eigenvalue weighted by Gasteiger charge is 2.66. The lowest BCUT2D eigenvalue weighted by molar-refractivity contribution is -0.221. The maximum Gasteiger partial charge on any atom is 0.0941 e. The van der Waals surface area contributed by atoms with Crippen molar-refractivity contribution >= 4 is 0 Å². The first-order valence-corrected chi connectivity index (χ1v) is 7.73. The van der Waals surface area contributed by atoms with Crippen LogP contribution in [-0.4, -0.2) is 21.9 Å². The Kier molecular flexibility index (Phi) is 2.68. The summed E-state index contributed by atoms with van der Waals surface area (Å²) in [6.45, 7) is 6.79. The zero-order valence-electron chi connectivity index (χ0n) is 12.1. The molecule has 3 fully saturated rings. The summed E-state index contributed by atoms with van der Waals surface area (Å²) in [5.74, 6) is 0.917. The molecule has 2 nitrogen and oxygen atoms in total. The van der Waals surface area contributed by atoms with Crippen molar-refractivity contribution in [2.24, 2.45) is 22.7 Å². The fourth-order valence-corrected chi connectivity index (χ4v) is 5.34. The molecule has 2 heteroatoms. The molecule has 3 aliphatic carbocycles. The predicted octanol–water partition coefficient (Wildman–Crippen LogP) is 3.11. The Balaban J connectivity index is 1.97. The first kappa shape index (κ1) is 12.9. The van der Waals surface area contributed by atoms with E-state index in [-0.39, 0.29) is 10.8 Å². The minimum absolute atomic E-state index is 0.104. The van der Waals surface area contributed by atoms with Gasteiger partial charge in [-0.1, -0.05) is 33.6 Å². The highest BCUT2D eigenvalue weighted by molar-refractivity contribution is 5.16. The minimum Gasteiger partial charge on any atom is -0.390 e. The third-order valence-corrected chi connectivity index (χ3v) is 7.22. The van der Waals surface area contributed by atoms with Crippen molar-refractivity contribution in [1.82, 2.24) is 0 Å². The van der Waals surface area contributed by atoms with Crippen molar-refractivity contribution in [3.63, 3.8) is 0 Å². The maximum absolute atomic E-state index is 11.2. The molecule has 0 saturated heterocycles. The number of aliphatic hydroxyl groups is 2. The van der Waals surface area contributed by atoms with Crippen LogP contribution in [0.4, 0.5) is 0 Å². The van der Waals surface area contributed by atoms with Crippen LogP contribution in [0.3, 0.4) is 0 Å². The minimum atomic E-state index is -0.804. The predicted molar refractivity (Wildman–Crippen MR) is 72.1 cm³/mol. The second-order valence-corrected chi connectivity index (χ2v) is 7.95. The molecule has 2 bridgehead atoms. The normalized spacial score (nSPS) is 51.8. The second-order valence-electron chi connectivity index (χ2n) is 7.95. The Morgan fingerprint density at radius 2 is 1.56 bits per heavy atom. The lowest BCUT2D eigenvalue weighted by atomic mass is 9.51. The molecule has 0 aromatic heterocycles. The summed E-state index contributed by atoms with van der Waals surface area (Å²) in [4.78, 5) is 0. The molecule has 3 rings (SSSR count). The van der Waals surface area contributed by atoms with E-state index in [1.54, 1.807) is 0 Å². The molecule has 0 aromatic carbocycles. The van der Waals surface area contributed by atoms with Gasteiger partial charge in [0.15, 0.2) is 0 Å². The molecule has 0 unspecified atom stereocenters. The summed E-state index contributed by atoms with van der Waals surface area (Å²) in [5.41, 5.74) is -0.744. The molecule has 104 valence electrons. The smallest absolute Gasteiger partial charge is 0.0941 e. The van der Waals surface area contributed by atoms with Gasteiger partial charge < -0.3 is 10.2 Å². The average molecular weight is 252 g/mol. The summed E-state index contributed by atoms with van der Waals surface area (Å²) in [6.07, 6.45) is 7.20. The fraction of sp³-hybridized carbons (Fsp3) is 1.00. The number of hydrogen-bond acceptors (Lipinski definition) is 2. The van der Waals surface area contributed by atoms with Gasteiger partial charge in [0.2, 0.25) is 0 Å². The van der Waals surface area contributed by atoms with Crippen molar-refractivity contribution < 1.29 is 10.2 Å². The van der Waals surface area contributed by atoms with Crippen molar-refractivity contribution in [2.75, 3.05) is 0 Å². The maximum atomic E-state index is 11.2. The summed E-state index contributed by atoms with van der Waals surface area (Å²) in [7, 11) is 0. The van der Waals surface area contributed by atoms with Crippen LogP contribution in [0, 0.1) is 22.7 Å². The van der Waals surface area contributed by atoms with Crippen LogP contribution in [0.15, 0.2) is 0 Å². The van der Waals surface area contributed by atoms with E-state index in [2.05, 4.69) is 20.8 Å². The van der Waals surface area contributed by atoms with E-state index < -0.39 is 11.7 Å². The Bertz CT molecular complexity index is 345. The number of aliphatic hydroxyl groups excluding tert-OH is 1. The van der Waals surface area contributed by atoms with E-state index in [0.717, 1.165) is 25.7 Å². The van der Waals surface area contributed by atoms with Gasteiger partial charge in [0.25, 0.3) is 0 Å². The first-order valence-electron chi connectivity index (χ1n) is 7.73. The standard InChI is InChI=1S/C16H28O2/c1-14(2)12-8-9-15(14,3)13(17)16(18,10-12)11-6-4-5-7-11/h11-13,17-18H,4-10H2,1-3H3/t12-,13-,15+,16-/m1/s1. The molecule has 0 amide bonds. The van der Waals surface area contributed by atoms with Crippen molar-refractivity contribution in [2.45, 2.75) is 77.4 Å². The van der Waals surface area contributed by atoms with Gasteiger partial charge in [-0.15, -0.1) is 0 Å². The quantitative estimate of drug-likeness (QED) is 0.753.